The van der Waals surface area contributed by atoms with Crippen LogP contribution in [0.1, 0.15) is 5.56 Å². The summed E-state index contributed by atoms with van der Waals surface area (Å²) in [7, 11) is 0. The number of ether oxygens (including phenoxy) is 1. The predicted octanol–water partition coefficient (Wildman–Crippen LogP) is -1.32. The van der Waals surface area contributed by atoms with E-state index in [4.69, 9.17) is 19.5 Å². The average molecular weight is 428 g/mol. The van der Waals surface area contributed by atoms with Crippen molar-refractivity contribution in [3.63, 3.8) is 0 Å². The van der Waals surface area contributed by atoms with E-state index in [1.54, 1.807) is 0 Å². The molecule has 1 heterocycles. The summed E-state index contributed by atoms with van der Waals surface area (Å²) in [5.41, 5.74) is 1.17. The van der Waals surface area contributed by atoms with Gasteiger partial charge in [-0.15, -0.1) is 0 Å². The van der Waals surface area contributed by atoms with Crippen LogP contribution in [0.15, 0.2) is 30.3 Å². The molecule has 4 N–H and O–H groups in total. The molecule has 0 aromatic heterocycles. The molecule has 2 rings (SSSR count). The first kappa shape index (κ1) is 20.0. The van der Waals surface area contributed by atoms with Crippen LogP contribution in [0.5, 0.6) is 5.75 Å². The third-order valence-electron chi connectivity index (χ3n) is 1.55. The third kappa shape index (κ3) is 10.3. The zero-order valence-corrected chi connectivity index (χ0v) is 15.7. The third-order valence-corrected chi connectivity index (χ3v) is 1.55. The Morgan fingerprint density at radius 3 is 2.12 bits per heavy atom. The zero-order chi connectivity index (χ0) is 11.3. The Hall–Kier alpha value is 0.652. The summed E-state index contributed by atoms with van der Waals surface area (Å²) in [6, 6.07) is 8.03. The van der Waals surface area contributed by atoms with Crippen molar-refractivity contribution in [2.24, 2.45) is 0 Å². The van der Waals surface area contributed by atoms with Crippen molar-refractivity contribution < 1.29 is 54.7 Å². The fourth-order valence-electron chi connectivity index (χ4n) is 1.06. The van der Waals surface area contributed by atoms with Crippen LogP contribution in [0.2, 0.25) is 0 Å². The van der Waals surface area contributed by atoms with Gasteiger partial charge in [0.15, 0.2) is 0 Å². The van der Waals surface area contributed by atoms with Crippen LogP contribution < -0.4 is 4.74 Å². The molecule has 8 heteroatoms. The molecule has 0 saturated heterocycles. The van der Waals surface area contributed by atoms with E-state index in [2.05, 4.69) is 6.08 Å². The summed E-state index contributed by atoms with van der Waals surface area (Å²) in [6.07, 6.45) is 4.10. The number of hydrogen-bond donors (Lipinski definition) is 4. The Morgan fingerprint density at radius 2 is 1.59 bits per heavy atom. The van der Waals surface area contributed by atoms with Crippen LogP contribution >= 0.6 is 0 Å². The molecule has 0 saturated carbocycles. The van der Waals surface area contributed by atoms with E-state index in [0.29, 0.717) is 6.61 Å². The van der Waals surface area contributed by atoms with Gasteiger partial charge in [-0.3, -0.25) is 0 Å². The number of benzene rings is 1. The maximum atomic E-state index is 7.38. The summed E-state index contributed by atoms with van der Waals surface area (Å²) in [6.45, 7) is 0.705. The summed E-state index contributed by atoms with van der Waals surface area (Å²) in [4.78, 5) is 0. The standard InChI is InChI=1S/C9H8O.Mn.4H2O.Sb.Ti.3H/c1-2-6-9-8(4-1)5-3-7-10-9;;;;;;;;;;/h1-6H,7H2;;4*1H2;;;;;/q;;;;;;;+4;;;/p-4. The van der Waals surface area contributed by atoms with Gasteiger partial charge in [0, 0.05) is 22.6 Å². The van der Waals surface area contributed by atoms with Crippen LogP contribution in [-0.2, 0) is 35.2 Å². The van der Waals surface area contributed by atoms with Gasteiger partial charge in [0.05, 0.1) is 0 Å². The average Bonchev–Trinajstić information content (AvgIpc) is 2.16. The summed E-state index contributed by atoms with van der Waals surface area (Å²) in [5, 5.41) is 0. The molecular weight excluding hydrogens is 413 g/mol. The van der Waals surface area contributed by atoms with Crippen molar-refractivity contribution in [2.45, 2.75) is 0 Å². The van der Waals surface area contributed by atoms with Crippen molar-refractivity contribution in [1.29, 1.82) is 0 Å². The topological polar surface area (TPSA) is 90.2 Å². The van der Waals surface area contributed by atoms with Gasteiger partial charge in [-0.05, 0) is 12.1 Å². The monoisotopic (exact) mass is 427 g/mol. The van der Waals surface area contributed by atoms with E-state index < -0.39 is 18.1 Å². The van der Waals surface area contributed by atoms with Crippen LogP contribution in [0.25, 0.3) is 6.08 Å². The Labute approximate surface area is 132 Å². The molecule has 0 unspecified atom stereocenters. The predicted molar refractivity (Wildman–Crippen MR) is 59.8 cm³/mol. The molecule has 1 radical (unpaired) electrons. The van der Waals surface area contributed by atoms with E-state index >= 15 is 0 Å². The first-order chi connectivity index (χ1) is 6.97. The second kappa shape index (κ2) is 9.56. The van der Waals surface area contributed by atoms with Gasteiger partial charge in [0.2, 0.25) is 0 Å². The Bertz CT molecular complexity index is 349. The van der Waals surface area contributed by atoms with Crippen molar-refractivity contribution in [1.82, 2.24) is 0 Å². The fourth-order valence-corrected chi connectivity index (χ4v) is 1.06. The van der Waals surface area contributed by atoms with Crippen molar-refractivity contribution in [3.05, 3.63) is 35.9 Å². The Balaban J connectivity index is 0. The van der Waals surface area contributed by atoms with E-state index in [1.807, 2.05) is 30.3 Å². The van der Waals surface area contributed by atoms with Crippen molar-refractivity contribution in [3.8, 4) is 5.75 Å². The maximum absolute atomic E-state index is 7.38. The van der Waals surface area contributed by atoms with Crippen LogP contribution in [0.4, 0.5) is 0 Å². The van der Waals surface area contributed by atoms with Crippen molar-refractivity contribution >= 4 is 30.5 Å². The minimum absolute atomic E-state index is 0. The molecule has 1 aromatic carbocycles. The molecule has 0 aliphatic carbocycles. The number of rotatable bonds is 0. The fraction of sp³-hybridized carbons (Fsp3) is 0.111. The molecule has 5 nitrogen and oxygen atoms in total. The van der Waals surface area contributed by atoms with Gasteiger partial charge < -0.3 is 4.74 Å². The molecule has 1 aromatic rings. The Morgan fingerprint density at radius 1 is 1.06 bits per heavy atom. The van der Waals surface area contributed by atoms with Gasteiger partial charge in [-0.2, -0.15) is 0 Å². The van der Waals surface area contributed by atoms with E-state index in [9.17, 15) is 0 Å². The molecule has 1 aliphatic rings. The quantitative estimate of drug-likeness (QED) is 0.386. The van der Waals surface area contributed by atoms with Gasteiger partial charge in [-0.1, -0.05) is 24.3 Å². The summed E-state index contributed by atoms with van der Waals surface area (Å²) in [5.74, 6) is 0.991. The van der Waals surface area contributed by atoms with Crippen molar-refractivity contribution in [2.75, 3.05) is 6.61 Å². The number of para-hydroxylation sites is 1. The van der Waals surface area contributed by atoms with Crippen LogP contribution in [0.3, 0.4) is 0 Å². The number of fused-ring (bicyclic) bond motifs is 1. The second-order valence-corrected chi connectivity index (χ2v) is 4.73. The van der Waals surface area contributed by atoms with E-state index in [0.717, 1.165) is 5.75 Å². The second-order valence-electron chi connectivity index (χ2n) is 2.85. The number of hydrogen-bond acceptors (Lipinski definition) is 5. The van der Waals surface area contributed by atoms with E-state index in [-0.39, 0.29) is 41.5 Å². The molecule has 17 heavy (non-hydrogen) atoms. The first-order valence-electron chi connectivity index (χ1n) is 4.24. The Kier molecular flexibility index (Phi) is 11.2. The normalized spacial score (nSPS) is 11.8. The van der Waals surface area contributed by atoms with Gasteiger partial charge >= 0.3 is 57.3 Å². The van der Waals surface area contributed by atoms with Crippen LogP contribution in [0, 0.1) is 0 Å². The molecule has 0 atom stereocenters. The van der Waals surface area contributed by atoms with Gasteiger partial charge in [0.25, 0.3) is 0 Å². The molecule has 0 spiro atoms. The molecule has 0 bridgehead atoms. The first-order valence-corrected chi connectivity index (χ1v) is 7.04. The van der Waals surface area contributed by atoms with Crippen LogP contribution in [-0.4, -0.2) is 45.8 Å². The molecule has 0 amide bonds. The minimum atomic E-state index is -5.00. The van der Waals surface area contributed by atoms with Gasteiger partial charge in [-0.25, -0.2) is 0 Å². The molecule has 97 valence electrons. The van der Waals surface area contributed by atoms with Gasteiger partial charge in [0.1, 0.15) is 12.4 Å². The SMILES string of the molecule is C1=Cc2ccccc2OC1.[Mn].[OH][Ti]([OH])([OH])[OH].[SbH3]. The van der Waals surface area contributed by atoms with E-state index in [1.165, 1.54) is 5.56 Å². The molecule has 0 fully saturated rings. The molecule has 1 aliphatic heterocycles. The summed E-state index contributed by atoms with van der Waals surface area (Å²) < 4.78 is 34.8. The zero-order valence-electron chi connectivity index (χ0n) is 8.95. The molecular formula is C9H15MnO5SbTi. The summed E-state index contributed by atoms with van der Waals surface area (Å²) >= 11 is -5.00.